The van der Waals surface area contributed by atoms with E-state index in [1.165, 1.54) is 11.1 Å². The molecule has 4 heterocycles. The van der Waals surface area contributed by atoms with Gasteiger partial charge in [0.25, 0.3) is 0 Å². The lowest BCUT2D eigenvalue weighted by molar-refractivity contribution is 0.494. The maximum atomic E-state index is 9.08. The van der Waals surface area contributed by atoms with Crippen LogP contribution in [0.1, 0.15) is 18.1 Å². The minimum atomic E-state index is -0.202. The number of nitrogens with zero attached hydrogens (tertiary/aromatic N) is 6. The first-order valence-corrected chi connectivity index (χ1v) is 9.98. The van der Waals surface area contributed by atoms with Gasteiger partial charge in [0.05, 0.1) is 17.4 Å². The van der Waals surface area contributed by atoms with E-state index >= 15 is 0 Å². The Bertz CT molecular complexity index is 1080. The van der Waals surface area contributed by atoms with E-state index in [4.69, 9.17) is 10.2 Å². The summed E-state index contributed by atoms with van der Waals surface area (Å²) in [6.07, 6.45) is 1.76. The van der Waals surface area contributed by atoms with Crippen molar-refractivity contribution in [2.75, 3.05) is 22.9 Å². The molecule has 0 saturated carbocycles. The van der Waals surface area contributed by atoms with Crippen LogP contribution in [0.5, 0.6) is 0 Å². The van der Waals surface area contributed by atoms with E-state index in [-0.39, 0.29) is 9.46 Å². The topological polar surface area (TPSA) is 68.9 Å². The molecule has 0 radical (unpaired) electrons. The third-order valence-corrected chi connectivity index (χ3v) is 6.55. The summed E-state index contributed by atoms with van der Waals surface area (Å²) in [5.41, 5.74) is 3.33. The summed E-state index contributed by atoms with van der Waals surface area (Å²) in [7, 11) is 0. The van der Waals surface area contributed by atoms with Gasteiger partial charge in [0.1, 0.15) is 9.36 Å². The van der Waals surface area contributed by atoms with Crippen LogP contribution < -0.4 is 9.80 Å². The van der Waals surface area contributed by atoms with Gasteiger partial charge in [0.15, 0.2) is 5.65 Å². The summed E-state index contributed by atoms with van der Waals surface area (Å²) in [5, 5.41) is 10.0. The predicted molar refractivity (Wildman–Crippen MR) is 113 cm³/mol. The fourth-order valence-electron chi connectivity index (χ4n) is 3.85. The smallest absolute Gasteiger partial charge is 0.229 e. The summed E-state index contributed by atoms with van der Waals surface area (Å²) in [4.78, 5) is 18.5. The van der Waals surface area contributed by atoms with Crippen molar-refractivity contribution in [3.05, 3.63) is 53.7 Å². The van der Waals surface area contributed by atoms with Crippen molar-refractivity contribution in [2.24, 2.45) is 5.92 Å². The van der Waals surface area contributed by atoms with E-state index in [0.717, 1.165) is 17.7 Å². The Morgan fingerprint density at radius 1 is 1.19 bits per heavy atom. The van der Waals surface area contributed by atoms with Crippen LogP contribution in [0.2, 0.25) is 0 Å². The lowest BCUT2D eigenvalue weighted by Gasteiger charge is -2.37. The van der Waals surface area contributed by atoms with Crippen LogP contribution in [0, 0.1) is 17.2 Å². The molecule has 3 aromatic rings. The number of anilines is 2. The number of nitriles is 1. The average Bonchev–Trinajstić information content (AvgIpc) is 2.91. The molecular formula is C20H17IN6. The number of halogens is 1. The summed E-state index contributed by atoms with van der Waals surface area (Å²) in [6.45, 7) is 4.38. The molecular weight excluding hydrogens is 451 g/mol. The summed E-state index contributed by atoms with van der Waals surface area (Å²) < 4.78 is -0.202. The molecule has 2 aliphatic heterocycles. The quantitative estimate of drug-likeness (QED) is 0.325. The second kappa shape index (κ2) is 6.02. The van der Waals surface area contributed by atoms with Crippen molar-refractivity contribution in [1.82, 2.24) is 15.0 Å². The highest BCUT2D eigenvalue weighted by Crippen LogP contribution is 2.47. The first kappa shape index (κ1) is 16.7. The second-order valence-corrected chi connectivity index (χ2v) is 9.25. The van der Waals surface area contributed by atoms with Crippen LogP contribution in [0.15, 0.2) is 42.6 Å². The van der Waals surface area contributed by atoms with Gasteiger partial charge in [0.2, 0.25) is 5.95 Å². The maximum Gasteiger partial charge on any atom is 0.229 e. The van der Waals surface area contributed by atoms with Crippen molar-refractivity contribution in [1.29, 1.82) is 5.26 Å². The number of hydrogen-bond donors (Lipinski definition) is 0. The molecule has 1 fully saturated rings. The molecule has 1 atom stereocenters. The highest BCUT2D eigenvalue weighted by molar-refractivity contribution is 14.1. The second-order valence-electron chi connectivity index (χ2n) is 7.15. The number of alkyl halides is 1. The average molecular weight is 468 g/mol. The fraction of sp³-hybridized carbons (Fsp3) is 0.300. The molecule has 1 unspecified atom stereocenters. The summed E-state index contributed by atoms with van der Waals surface area (Å²) in [6, 6.07) is 14.8. The van der Waals surface area contributed by atoms with E-state index in [2.05, 4.69) is 79.6 Å². The van der Waals surface area contributed by atoms with E-state index < -0.39 is 0 Å². The van der Waals surface area contributed by atoms with Gasteiger partial charge in [-0.2, -0.15) is 15.2 Å². The van der Waals surface area contributed by atoms with Crippen molar-refractivity contribution >= 4 is 45.4 Å². The number of fused-ring (bicyclic) bond motifs is 2. The zero-order valence-electron chi connectivity index (χ0n) is 14.8. The zero-order chi connectivity index (χ0) is 18.6. The standard InChI is InChI=1S/C20H17IN6/c1-20(21)16-7-3-2-5-14(16)12-27(20)18-15-6-4-8-23-17(15)24-19(25-18)26-10-13(9-22)11-26/h2-8,13H,10-12H2,1H3. The summed E-state index contributed by atoms with van der Waals surface area (Å²) >= 11 is 2.51. The predicted octanol–water partition coefficient (Wildman–Crippen LogP) is 3.61. The van der Waals surface area contributed by atoms with E-state index in [0.29, 0.717) is 24.7 Å². The molecule has 1 saturated heterocycles. The van der Waals surface area contributed by atoms with Gasteiger partial charge < -0.3 is 9.80 Å². The van der Waals surface area contributed by atoms with Gasteiger partial charge in [-0.15, -0.1) is 0 Å². The Kier molecular flexibility index (Phi) is 3.72. The van der Waals surface area contributed by atoms with Gasteiger partial charge in [-0.05, 0) is 52.8 Å². The summed E-state index contributed by atoms with van der Waals surface area (Å²) in [5.74, 6) is 1.62. The van der Waals surface area contributed by atoms with Crippen molar-refractivity contribution in [3.8, 4) is 6.07 Å². The SMILES string of the molecule is CC1(I)c2ccccc2CN1c1nc(N2CC(C#N)C2)nc2ncccc12. The van der Waals surface area contributed by atoms with Gasteiger partial charge in [-0.1, -0.05) is 24.3 Å². The Labute approximate surface area is 171 Å². The normalized spacial score (nSPS) is 21.8. The highest BCUT2D eigenvalue weighted by Gasteiger charge is 2.41. The van der Waals surface area contributed by atoms with Crippen LogP contribution in [0.25, 0.3) is 11.0 Å². The van der Waals surface area contributed by atoms with Gasteiger partial charge in [0, 0.05) is 25.8 Å². The minimum Gasteiger partial charge on any atom is -0.338 e. The largest absolute Gasteiger partial charge is 0.338 e. The first-order valence-electron chi connectivity index (χ1n) is 8.90. The van der Waals surface area contributed by atoms with E-state index in [9.17, 15) is 0 Å². The number of benzene rings is 1. The molecule has 0 amide bonds. The lowest BCUT2D eigenvalue weighted by atomic mass is 10.0. The van der Waals surface area contributed by atoms with Crippen LogP contribution in [0.3, 0.4) is 0 Å². The third-order valence-electron chi connectivity index (χ3n) is 5.39. The van der Waals surface area contributed by atoms with Crippen LogP contribution in [0.4, 0.5) is 11.8 Å². The molecule has 7 heteroatoms. The Morgan fingerprint density at radius 2 is 2.00 bits per heavy atom. The zero-order valence-corrected chi connectivity index (χ0v) is 17.0. The number of rotatable bonds is 2. The van der Waals surface area contributed by atoms with E-state index in [1.807, 2.05) is 12.1 Å². The van der Waals surface area contributed by atoms with Gasteiger partial charge >= 0.3 is 0 Å². The molecule has 134 valence electrons. The molecule has 2 aromatic heterocycles. The Morgan fingerprint density at radius 3 is 2.78 bits per heavy atom. The minimum absolute atomic E-state index is 0.0577. The number of aromatic nitrogens is 3. The Hall–Kier alpha value is -2.47. The fourth-order valence-corrected chi connectivity index (χ4v) is 4.77. The molecule has 2 aliphatic rings. The molecule has 5 rings (SSSR count). The highest BCUT2D eigenvalue weighted by atomic mass is 127. The third kappa shape index (κ3) is 2.54. The number of pyridine rings is 1. The molecule has 1 aromatic carbocycles. The van der Waals surface area contributed by atoms with Crippen molar-refractivity contribution in [2.45, 2.75) is 17.0 Å². The molecule has 0 aliphatic carbocycles. The monoisotopic (exact) mass is 468 g/mol. The molecule has 0 N–H and O–H groups in total. The van der Waals surface area contributed by atoms with Crippen molar-refractivity contribution in [3.63, 3.8) is 0 Å². The maximum absolute atomic E-state index is 9.08. The van der Waals surface area contributed by atoms with Crippen LogP contribution in [-0.4, -0.2) is 28.0 Å². The van der Waals surface area contributed by atoms with Crippen LogP contribution >= 0.6 is 22.6 Å². The first-order chi connectivity index (χ1) is 13.1. The Balaban J connectivity index is 1.64. The van der Waals surface area contributed by atoms with Gasteiger partial charge in [-0.25, -0.2) is 4.98 Å². The molecule has 0 bridgehead atoms. The van der Waals surface area contributed by atoms with E-state index in [1.54, 1.807) is 6.20 Å². The molecule has 27 heavy (non-hydrogen) atoms. The number of hydrogen-bond acceptors (Lipinski definition) is 6. The lowest BCUT2D eigenvalue weighted by Crippen LogP contribution is -2.47. The van der Waals surface area contributed by atoms with Crippen molar-refractivity contribution < 1.29 is 0 Å². The molecule has 6 nitrogen and oxygen atoms in total. The molecule has 0 spiro atoms. The van der Waals surface area contributed by atoms with Gasteiger partial charge in [-0.3, -0.25) is 0 Å². The van der Waals surface area contributed by atoms with Crippen LogP contribution in [-0.2, 0) is 10.1 Å².